The second-order valence-corrected chi connectivity index (χ2v) is 26.7. The van der Waals surface area contributed by atoms with Crippen LogP contribution in [0.1, 0.15) is 224 Å². The third-order valence-corrected chi connectivity index (χ3v) is 15.6. The van der Waals surface area contributed by atoms with Crippen LogP contribution < -0.4 is 49.5 Å². The molecular formula is C68H128N14O11. The summed E-state index contributed by atoms with van der Waals surface area (Å²) in [5, 5.41) is 14.7. The highest BCUT2D eigenvalue weighted by Gasteiger charge is 2.30. The Bertz CT molecular complexity index is 2230. The summed E-state index contributed by atoms with van der Waals surface area (Å²) in [7, 11) is 0. The molecule has 25 heteroatoms. The number of nitrogens with two attached hydrogens (primary N) is 4. The van der Waals surface area contributed by atoms with E-state index in [2.05, 4.69) is 45.7 Å². The molecule has 0 bridgehead atoms. The summed E-state index contributed by atoms with van der Waals surface area (Å²) in [6.45, 7) is 18.7. The van der Waals surface area contributed by atoms with E-state index in [-0.39, 0.29) is 132 Å². The van der Waals surface area contributed by atoms with Crippen LogP contribution in [0.3, 0.4) is 0 Å². The van der Waals surface area contributed by atoms with Crippen LogP contribution in [0.2, 0.25) is 0 Å². The number of hydrogen-bond donors (Lipinski definition) is 9. The van der Waals surface area contributed by atoms with Gasteiger partial charge < -0.3 is 74.0 Å². The number of carbonyl (C=O) groups excluding carboxylic acids is 11. The van der Waals surface area contributed by atoms with Crippen LogP contribution in [-0.2, 0) is 52.7 Å². The average molecular weight is 1320 g/mol. The Kier molecular flexibility index (Phi) is 48.6. The van der Waals surface area contributed by atoms with E-state index < -0.39 is 85.3 Å². The fraction of sp³-hybridized carbons (Fsp3) is 0.809. The maximum Gasteiger partial charge on any atom is 0.239 e. The van der Waals surface area contributed by atoms with Crippen molar-refractivity contribution in [3.05, 3.63) is 12.2 Å². The number of allylic oxidation sites excluding steroid dienone is 2. The number of rotatable bonds is 55. The first-order valence-electron chi connectivity index (χ1n) is 34.9. The lowest BCUT2D eigenvalue weighted by Crippen LogP contribution is -2.55. The molecule has 536 valence electrons. The van der Waals surface area contributed by atoms with Gasteiger partial charge in [0.25, 0.3) is 0 Å². The zero-order chi connectivity index (χ0) is 70.3. The smallest absolute Gasteiger partial charge is 0.239 e. The topological polar surface area (TPSA) is 368 Å². The second kappa shape index (κ2) is 52.1. The van der Waals surface area contributed by atoms with Crippen molar-refractivity contribution in [1.82, 2.24) is 51.1 Å². The zero-order valence-corrected chi connectivity index (χ0v) is 59.3. The number of hydrogen-bond acceptors (Lipinski definition) is 14. The molecule has 0 fully saturated rings. The Labute approximate surface area is 558 Å². The van der Waals surface area contributed by atoms with E-state index in [1.807, 2.05) is 41.5 Å². The maximum absolute atomic E-state index is 14.2. The zero-order valence-electron chi connectivity index (χ0n) is 59.3. The van der Waals surface area contributed by atoms with Crippen LogP contribution in [-0.4, -0.2) is 205 Å². The quantitative estimate of drug-likeness (QED) is 0.0299. The third kappa shape index (κ3) is 45.7. The number of unbranched alkanes of at least 4 members (excludes halogenated alkanes) is 11. The minimum Gasteiger partial charge on any atom is -0.368 e. The van der Waals surface area contributed by atoms with Crippen molar-refractivity contribution in [2.75, 3.05) is 85.1 Å². The molecule has 0 radical (unpaired) electrons. The lowest BCUT2D eigenvalue weighted by Gasteiger charge is -2.32. The fourth-order valence-corrected chi connectivity index (χ4v) is 11.1. The van der Waals surface area contributed by atoms with Crippen LogP contribution in [0.15, 0.2) is 12.2 Å². The van der Waals surface area contributed by atoms with Gasteiger partial charge in [0.05, 0.1) is 32.7 Å². The average Bonchev–Trinajstić information content (AvgIpc) is 1.03. The highest BCUT2D eigenvalue weighted by atomic mass is 16.2. The van der Waals surface area contributed by atoms with Crippen LogP contribution in [0.4, 0.5) is 0 Å². The summed E-state index contributed by atoms with van der Waals surface area (Å²) < 4.78 is 0. The SMILES string of the molecule is CCCCCCCC/C=C\CCCCCCCC(=O)N[C@@H](C)CN(CC(=O)N[C@@H](C)CN(CC(=O)N[C@@H](CC(C)C)CN(CC(=O)N[C@@H](CC(C)C)CN(CC(=O)N[C@@H](CC(C)C)CN(CC(N)=O)C(=O)CCCN)C(=O)CCCN)C(=O)CCCN)C(C)=O)C(C)=O. The van der Waals surface area contributed by atoms with Gasteiger partial charge in [-0.1, -0.05) is 112 Å². The molecule has 93 heavy (non-hydrogen) atoms. The van der Waals surface area contributed by atoms with Gasteiger partial charge in [0.15, 0.2) is 0 Å². The molecular weight excluding hydrogens is 1190 g/mol. The Balaban J connectivity index is 6.00. The molecule has 0 aliphatic heterocycles. The van der Waals surface area contributed by atoms with E-state index in [9.17, 15) is 52.7 Å². The summed E-state index contributed by atoms with van der Waals surface area (Å²) in [5.41, 5.74) is 22.8. The van der Waals surface area contributed by atoms with Gasteiger partial charge in [0, 0.05) is 102 Å². The molecule has 0 aliphatic rings. The molecule has 0 heterocycles. The monoisotopic (exact) mass is 1320 g/mol. The normalized spacial score (nSPS) is 13.0. The molecule has 11 amide bonds. The van der Waals surface area contributed by atoms with Gasteiger partial charge >= 0.3 is 0 Å². The summed E-state index contributed by atoms with van der Waals surface area (Å²) in [5.74, 6) is -4.76. The minimum atomic E-state index is -0.715. The van der Waals surface area contributed by atoms with Crippen LogP contribution >= 0.6 is 0 Å². The van der Waals surface area contributed by atoms with E-state index in [0.29, 0.717) is 44.9 Å². The van der Waals surface area contributed by atoms with Crippen molar-refractivity contribution in [2.24, 2.45) is 40.7 Å². The van der Waals surface area contributed by atoms with Crippen molar-refractivity contribution >= 4 is 65.0 Å². The molecule has 0 saturated heterocycles. The molecule has 5 atom stereocenters. The highest BCUT2D eigenvalue weighted by Crippen LogP contribution is 2.15. The van der Waals surface area contributed by atoms with Crippen LogP contribution in [0, 0.1) is 17.8 Å². The van der Waals surface area contributed by atoms with Gasteiger partial charge in [-0.25, -0.2) is 0 Å². The molecule has 0 aromatic rings. The van der Waals surface area contributed by atoms with Crippen molar-refractivity contribution in [3.63, 3.8) is 0 Å². The Morgan fingerprint density at radius 1 is 0.355 bits per heavy atom. The van der Waals surface area contributed by atoms with E-state index >= 15 is 0 Å². The number of amides is 11. The molecule has 0 unspecified atom stereocenters. The first-order chi connectivity index (χ1) is 44.0. The van der Waals surface area contributed by atoms with Gasteiger partial charge in [-0.15, -0.1) is 0 Å². The minimum absolute atomic E-state index is 0.00306. The molecule has 0 aromatic heterocycles. The lowest BCUT2D eigenvalue weighted by molar-refractivity contribution is -0.139. The van der Waals surface area contributed by atoms with Crippen LogP contribution in [0.5, 0.6) is 0 Å². The second-order valence-electron chi connectivity index (χ2n) is 26.7. The van der Waals surface area contributed by atoms with Gasteiger partial charge in [0.2, 0.25) is 65.0 Å². The van der Waals surface area contributed by atoms with Crippen molar-refractivity contribution in [3.8, 4) is 0 Å². The van der Waals surface area contributed by atoms with Crippen molar-refractivity contribution < 1.29 is 52.7 Å². The molecule has 0 aromatic carbocycles. The van der Waals surface area contributed by atoms with Gasteiger partial charge in [0.1, 0.15) is 0 Å². The number of nitrogens with one attached hydrogen (secondary N) is 5. The summed E-state index contributed by atoms with van der Waals surface area (Å²) >= 11 is 0. The Morgan fingerprint density at radius 2 is 0.656 bits per heavy atom. The van der Waals surface area contributed by atoms with E-state index in [1.165, 1.54) is 76.9 Å². The lowest BCUT2D eigenvalue weighted by atomic mass is 10.0. The van der Waals surface area contributed by atoms with E-state index in [1.54, 1.807) is 13.8 Å². The van der Waals surface area contributed by atoms with Crippen molar-refractivity contribution in [1.29, 1.82) is 0 Å². The largest absolute Gasteiger partial charge is 0.368 e. The van der Waals surface area contributed by atoms with E-state index in [0.717, 1.165) is 44.9 Å². The summed E-state index contributed by atoms with van der Waals surface area (Å²) in [6.07, 6.45) is 22.5. The molecule has 0 saturated carbocycles. The predicted octanol–water partition coefficient (Wildman–Crippen LogP) is 4.51. The van der Waals surface area contributed by atoms with E-state index in [4.69, 9.17) is 22.9 Å². The molecule has 0 rings (SSSR count). The van der Waals surface area contributed by atoms with Crippen LogP contribution in [0.25, 0.3) is 0 Å². The number of nitrogens with zero attached hydrogens (tertiary/aromatic N) is 5. The molecule has 0 aliphatic carbocycles. The first kappa shape index (κ1) is 86.8. The highest BCUT2D eigenvalue weighted by molar-refractivity contribution is 5.88. The third-order valence-electron chi connectivity index (χ3n) is 15.6. The maximum atomic E-state index is 14.2. The molecule has 13 N–H and O–H groups in total. The Hall–Kier alpha value is -6.21. The Morgan fingerprint density at radius 3 is 0.978 bits per heavy atom. The molecule has 25 nitrogen and oxygen atoms in total. The fourth-order valence-electron chi connectivity index (χ4n) is 11.1. The summed E-state index contributed by atoms with van der Waals surface area (Å²) in [6, 6.07) is -3.03. The standard InChI is InChI=1S/C68H128N14O11/c1-12-13-14-15-16-17-18-19-20-21-22-23-24-25-26-30-61(86)73-53(8)40-78(55(10)83)46-62(87)74-54(9)41-79(56(11)84)47-63(88)75-58(38-51(4)5)43-81(67(92)32-28-35-70)49-65(90)77-59(39-52(6)7)44-82(68(93)33-29-36-71)48-64(89)76-57(37-50(2)3)42-80(45-60(72)85)66(91)31-27-34-69/h19-20,50-54,57-59H,12-18,21-49,69-71H2,1-11H3,(H2,72,85)(H,73,86)(H,74,87)(H,75,88)(H,76,89)(H,77,90)/b20-19-/t53-,54-,57-,58-,59-/m0/s1. The van der Waals surface area contributed by atoms with Gasteiger partial charge in [-0.05, 0) is 122 Å². The van der Waals surface area contributed by atoms with Gasteiger partial charge in [-0.3, -0.25) is 52.7 Å². The predicted molar refractivity (Wildman–Crippen MR) is 367 cm³/mol. The molecule has 0 spiro atoms. The number of carbonyl (C=O) groups is 11. The number of primary amides is 1. The first-order valence-corrected chi connectivity index (χ1v) is 34.9. The van der Waals surface area contributed by atoms with Crippen molar-refractivity contribution in [2.45, 2.75) is 254 Å². The van der Waals surface area contributed by atoms with Gasteiger partial charge in [-0.2, -0.15) is 0 Å². The summed E-state index contributed by atoms with van der Waals surface area (Å²) in [4.78, 5) is 154.